The number of nitrogens with zero attached hydrogens (tertiary/aromatic N) is 5. The van der Waals surface area contributed by atoms with Crippen LogP contribution in [-0.2, 0) is 9.53 Å². The SMILES string of the molecule is CN1CCN(c2cc(NCC(c3ccc(Cl)cc3)N3CCOCC3)ncn2)CC1=O. The quantitative estimate of drug-likeness (QED) is 0.750. The Kier molecular flexibility index (Phi) is 6.66. The molecule has 2 aliphatic rings. The van der Waals surface area contributed by atoms with Gasteiger partial charge in [0.15, 0.2) is 0 Å². The van der Waals surface area contributed by atoms with E-state index in [1.807, 2.05) is 30.1 Å². The zero-order chi connectivity index (χ0) is 20.9. The summed E-state index contributed by atoms with van der Waals surface area (Å²) in [5, 5.41) is 4.20. The molecule has 4 rings (SSSR count). The second-order valence-corrected chi connectivity index (χ2v) is 8.03. The molecular weight excluding hydrogens is 404 g/mol. The van der Waals surface area contributed by atoms with Crippen LogP contribution in [0.25, 0.3) is 0 Å². The van der Waals surface area contributed by atoms with E-state index in [0.29, 0.717) is 19.6 Å². The van der Waals surface area contributed by atoms with Gasteiger partial charge >= 0.3 is 0 Å². The number of anilines is 2. The van der Waals surface area contributed by atoms with E-state index in [0.717, 1.165) is 49.5 Å². The van der Waals surface area contributed by atoms with E-state index in [1.165, 1.54) is 5.56 Å². The van der Waals surface area contributed by atoms with Crippen molar-refractivity contribution in [2.45, 2.75) is 6.04 Å². The number of hydrogen-bond acceptors (Lipinski definition) is 7. The number of likely N-dealkylation sites (N-methyl/N-ethyl adjacent to an activating group) is 1. The molecule has 1 aromatic carbocycles. The van der Waals surface area contributed by atoms with E-state index in [2.05, 4.69) is 32.3 Å². The predicted molar refractivity (Wildman–Crippen MR) is 117 cm³/mol. The smallest absolute Gasteiger partial charge is 0.241 e. The van der Waals surface area contributed by atoms with Crippen LogP contribution < -0.4 is 10.2 Å². The van der Waals surface area contributed by atoms with Crippen molar-refractivity contribution >= 4 is 29.1 Å². The van der Waals surface area contributed by atoms with Crippen LogP contribution in [0.5, 0.6) is 0 Å². The van der Waals surface area contributed by atoms with Crippen molar-refractivity contribution in [3.05, 3.63) is 47.2 Å². The van der Waals surface area contributed by atoms with Crippen LogP contribution in [0.4, 0.5) is 11.6 Å². The van der Waals surface area contributed by atoms with Crippen LogP contribution in [0, 0.1) is 0 Å². The largest absolute Gasteiger partial charge is 0.379 e. The Bertz CT molecular complexity index is 859. The van der Waals surface area contributed by atoms with Gasteiger partial charge in [-0.25, -0.2) is 9.97 Å². The summed E-state index contributed by atoms with van der Waals surface area (Å²) in [7, 11) is 1.83. The standard InChI is InChI=1S/C21H27ClN6O2/c1-26-6-7-28(14-21(26)29)20-12-19(24-15-25-20)23-13-18(27-8-10-30-11-9-27)16-2-4-17(22)5-3-16/h2-5,12,15,18H,6-11,13-14H2,1H3,(H,23,24,25). The minimum atomic E-state index is 0.101. The summed E-state index contributed by atoms with van der Waals surface area (Å²) >= 11 is 6.09. The van der Waals surface area contributed by atoms with Crippen molar-refractivity contribution < 1.29 is 9.53 Å². The first-order valence-corrected chi connectivity index (χ1v) is 10.6. The Balaban J connectivity index is 1.46. The Hall–Kier alpha value is -2.42. The highest BCUT2D eigenvalue weighted by Crippen LogP contribution is 2.25. The molecule has 1 unspecified atom stereocenters. The number of aromatic nitrogens is 2. The molecule has 160 valence electrons. The summed E-state index contributed by atoms with van der Waals surface area (Å²) < 4.78 is 5.53. The molecule has 8 nitrogen and oxygen atoms in total. The van der Waals surface area contributed by atoms with Crippen LogP contribution in [-0.4, -0.2) is 85.2 Å². The van der Waals surface area contributed by atoms with E-state index < -0.39 is 0 Å². The summed E-state index contributed by atoms with van der Waals surface area (Å²) in [6.45, 7) is 5.73. The van der Waals surface area contributed by atoms with Gasteiger partial charge in [0.1, 0.15) is 18.0 Å². The first-order chi connectivity index (χ1) is 14.6. The molecule has 0 saturated carbocycles. The highest BCUT2D eigenvalue weighted by atomic mass is 35.5. The third-order valence-corrected chi connectivity index (χ3v) is 5.90. The normalized spacial score (nSPS) is 19.1. The number of halogens is 1. The third-order valence-electron chi connectivity index (χ3n) is 5.65. The zero-order valence-electron chi connectivity index (χ0n) is 17.1. The average Bonchev–Trinajstić information content (AvgIpc) is 2.78. The summed E-state index contributed by atoms with van der Waals surface area (Å²) in [5.74, 6) is 1.62. The van der Waals surface area contributed by atoms with Gasteiger partial charge in [-0.1, -0.05) is 23.7 Å². The van der Waals surface area contributed by atoms with Gasteiger partial charge in [0.25, 0.3) is 0 Å². The van der Waals surface area contributed by atoms with Crippen molar-refractivity contribution in [2.24, 2.45) is 0 Å². The third kappa shape index (κ3) is 5.00. The van der Waals surface area contributed by atoms with Gasteiger partial charge in [-0.05, 0) is 17.7 Å². The maximum Gasteiger partial charge on any atom is 0.241 e. The van der Waals surface area contributed by atoms with Gasteiger partial charge in [0.05, 0.1) is 25.8 Å². The Morgan fingerprint density at radius 1 is 1.13 bits per heavy atom. The number of hydrogen-bond donors (Lipinski definition) is 1. The Labute approximate surface area is 181 Å². The number of nitrogens with one attached hydrogen (secondary N) is 1. The molecule has 2 saturated heterocycles. The molecular formula is C21H27ClN6O2. The van der Waals surface area contributed by atoms with Crippen molar-refractivity contribution in [2.75, 3.05) is 69.7 Å². The second kappa shape index (κ2) is 9.59. The number of ether oxygens (including phenoxy) is 1. The minimum Gasteiger partial charge on any atom is -0.379 e. The molecule has 1 N–H and O–H groups in total. The zero-order valence-corrected chi connectivity index (χ0v) is 17.9. The van der Waals surface area contributed by atoms with Gasteiger partial charge < -0.3 is 19.9 Å². The molecule has 0 radical (unpaired) electrons. The number of amides is 1. The fraction of sp³-hybridized carbons (Fsp3) is 0.476. The van der Waals surface area contributed by atoms with Crippen LogP contribution >= 0.6 is 11.6 Å². The molecule has 1 amide bonds. The molecule has 3 heterocycles. The van der Waals surface area contributed by atoms with E-state index >= 15 is 0 Å². The van der Waals surface area contributed by atoms with Crippen LogP contribution in [0.1, 0.15) is 11.6 Å². The van der Waals surface area contributed by atoms with E-state index in [1.54, 1.807) is 11.2 Å². The lowest BCUT2D eigenvalue weighted by atomic mass is 10.0. The molecule has 0 aliphatic carbocycles. The molecule has 30 heavy (non-hydrogen) atoms. The maximum absolute atomic E-state index is 12.0. The molecule has 0 spiro atoms. The average molecular weight is 431 g/mol. The fourth-order valence-electron chi connectivity index (χ4n) is 3.80. The fourth-order valence-corrected chi connectivity index (χ4v) is 3.93. The highest BCUT2D eigenvalue weighted by Gasteiger charge is 2.24. The molecule has 9 heteroatoms. The van der Waals surface area contributed by atoms with Crippen molar-refractivity contribution in [3.8, 4) is 0 Å². The number of morpholine rings is 1. The first-order valence-electron chi connectivity index (χ1n) is 10.2. The van der Waals surface area contributed by atoms with E-state index in [9.17, 15) is 4.79 Å². The summed E-state index contributed by atoms with van der Waals surface area (Å²) in [4.78, 5) is 26.9. The maximum atomic E-state index is 12.0. The van der Waals surface area contributed by atoms with Gasteiger partial charge in [0, 0.05) is 50.9 Å². The number of benzene rings is 1. The lowest BCUT2D eigenvalue weighted by molar-refractivity contribution is -0.129. The van der Waals surface area contributed by atoms with E-state index in [4.69, 9.17) is 16.3 Å². The van der Waals surface area contributed by atoms with Gasteiger partial charge in [0.2, 0.25) is 5.91 Å². The van der Waals surface area contributed by atoms with Gasteiger partial charge in [-0.3, -0.25) is 9.69 Å². The monoisotopic (exact) mass is 430 g/mol. The topological polar surface area (TPSA) is 73.8 Å². The van der Waals surface area contributed by atoms with Gasteiger partial charge in [-0.2, -0.15) is 0 Å². The molecule has 2 aliphatic heterocycles. The van der Waals surface area contributed by atoms with Gasteiger partial charge in [-0.15, -0.1) is 0 Å². The van der Waals surface area contributed by atoms with Crippen LogP contribution in [0.15, 0.2) is 36.7 Å². The van der Waals surface area contributed by atoms with E-state index in [-0.39, 0.29) is 11.9 Å². The van der Waals surface area contributed by atoms with Crippen molar-refractivity contribution in [1.82, 2.24) is 19.8 Å². The lowest BCUT2D eigenvalue weighted by Crippen LogP contribution is -2.48. The van der Waals surface area contributed by atoms with Crippen molar-refractivity contribution in [1.29, 1.82) is 0 Å². The molecule has 1 aromatic heterocycles. The molecule has 1 atom stereocenters. The first kappa shape index (κ1) is 20.8. The number of rotatable bonds is 6. The van der Waals surface area contributed by atoms with Crippen LogP contribution in [0.2, 0.25) is 5.02 Å². The summed E-state index contributed by atoms with van der Waals surface area (Å²) in [5.41, 5.74) is 1.20. The number of carbonyl (C=O) groups is 1. The highest BCUT2D eigenvalue weighted by molar-refractivity contribution is 6.30. The Morgan fingerprint density at radius 2 is 1.90 bits per heavy atom. The second-order valence-electron chi connectivity index (χ2n) is 7.59. The molecule has 2 aromatic rings. The number of piperazine rings is 1. The molecule has 2 fully saturated rings. The minimum absolute atomic E-state index is 0.101. The van der Waals surface area contributed by atoms with Crippen molar-refractivity contribution in [3.63, 3.8) is 0 Å². The lowest BCUT2D eigenvalue weighted by Gasteiger charge is -2.35. The number of carbonyl (C=O) groups excluding carboxylic acids is 1. The molecule has 0 bridgehead atoms. The Morgan fingerprint density at radius 3 is 2.63 bits per heavy atom. The summed E-state index contributed by atoms with van der Waals surface area (Å²) in [6, 6.07) is 10.1. The summed E-state index contributed by atoms with van der Waals surface area (Å²) in [6.07, 6.45) is 1.55. The predicted octanol–water partition coefficient (Wildman–Crippen LogP) is 1.89. The van der Waals surface area contributed by atoms with Crippen LogP contribution in [0.3, 0.4) is 0 Å².